The minimum absolute atomic E-state index is 0.0755. The number of fused-ring (bicyclic) bond motifs is 1. The van der Waals surface area contributed by atoms with Crippen molar-refractivity contribution in [1.82, 2.24) is 4.98 Å². The molecule has 0 radical (unpaired) electrons. The van der Waals surface area contributed by atoms with Gasteiger partial charge in [-0.1, -0.05) is 15.9 Å². The molecule has 104 valence electrons. The maximum absolute atomic E-state index is 11.7. The number of carbonyl (C=O) groups is 1. The highest BCUT2D eigenvalue weighted by Gasteiger charge is 2.24. The van der Waals surface area contributed by atoms with E-state index >= 15 is 0 Å². The molecule has 0 saturated heterocycles. The number of nitrogens with two attached hydrogens (primary N) is 1. The molecule has 20 heavy (non-hydrogen) atoms. The van der Waals surface area contributed by atoms with E-state index in [1.54, 1.807) is 6.92 Å². The Hall–Kier alpha value is -1.40. The smallest absolute Gasteiger partial charge is 0.223 e. The van der Waals surface area contributed by atoms with Crippen LogP contribution in [0.4, 0.5) is 10.8 Å². The van der Waals surface area contributed by atoms with Gasteiger partial charge in [0.15, 0.2) is 5.13 Å². The summed E-state index contributed by atoms with van der Waals surface area (Å²) in [5, 5.41) is 0.563. The third kappa shape index (κ3) is 2.13. The number of amides is 1. The van der Waals surface area contributed by atoms with Crippen molar-refractivity contribution in [3.63, 3.8) is 0 Å². The minimum atomic E-state index is 0.0755. The van der Waals surface area contributed by atoms with E-state index in [4.69, 9.17) is 5.73 Å². The van der Waals surface area contributed by atoms with E-state index in [0.29, 0.717) is 5.13 Å². The van der Waals surface area contributed by atoms with E-state index in [-0.39, 0.29) is 5.91 Å². The second-order valence-electron chi connectivity index (χ2n) is 4.84. The van der Waals surface area contributed by atoms with Gasteiger partial charge in [0.1, 0.15) is 0 Å². The minimum Gasteiger partial charge on any atom is -0.375 e. The van der Waals surface area contributed by atoms with Crippen LogP contribution in [0.5, 0.6) is 0 Å². The molecule has 2 N–H and O–H groups in total. The quantitative estimate of drug-likeness (QED) is 0.856. The van der Waals surface area contributed by atoms with Crippen molar-refractivity contribution >= 4 is 44.0 Å². The molecule has 4 nitrogen and oxygen atoms in total. The lowest BCUT2D eigenvalue weighted by atomic mass is 10.1. The first kappa shape index (κ1) is 13.6. The van der Waals surface area contributed by atoms with Gasteiger partial charge in [0.2, 0.25) is 5.91 Å². The zero-order valence-electron chi connectivity index (χ0n) is 11.2. The number of hydrogen-bond donors (Lipinski definition) is 1. The molecule has 0 unspecified atom stereocenters. The summed E-state index contributed by atoms with van der Waals surface area (Å²) in [5.41, 5.74) is 9.84. The zero-order chi connectivity index (χ0) is 14.4. The Labute approximate surface area is 129 Å². The summed E-state index contributed by atoms with van der Waals surface area (Å²) in [6.07, 6.45) is 0.895. The lowest BCUT2D eigenvalue weighted by Gasteiger charge is -2.16. The number of nitrogen functional groups attached to an aromatic ring is 1. The summed E-state index contributed by atoms with van der Waals surface area (Å²) in [6.45, 7) is 4.35. The summed E-state index contributed by atoms with van der Waals surface area (Å²) in [4.78, 5) is 19.0. The highest BCUT2D eigenvalue weighted by Crippen LogP contribution is 2.40. The normalized spacial score (nSPS) is 13.7. The van der Waals surface area contributed by atoms with Crippen molar-refractivity contribution in [1.29, 1.82) is 0 Å². The third-order valence-corrected chi connectivity index (χ3v) is 4.97. The Kier molecular flexibility index (Phi) is 3.30. The topological polar surface area (TPSA) is 59.2 Å². The fraction of sp³-hybridized carbons (Fsp3) is 0.286. The van der Waals surface area contributed by atoms with Crippen molar-refractivity contribution < 1.29 is 4.79 Å². The molecule has 0 atom stereocenters. The monoisotopic (exact) mass is 351 g/mol. The van der Waals surface area contributed by atoms with Crippen LogP contribution in [0.15, 0.2) is 16.6 Å². The second kappa shape index (κ2) is 4.86. The Morgan fingerprint density at radius 1 is 1.50 bits per heavy atom. The van der Waals surface area contributed by atoms with Crippen LogP contribution in [0.2, 0.25) is 0 Å². The zero-order valence-corrected chi connectivity index (χ0v) is 13.6. The van der Waals surface area contributed by atoms with Crippen LogP contribution in [-0.4, -0.2) is 17.4 Å². The molecule has 1 aliphatic heterocycles. The fourth-order valence-corrected chi connectivity index (χ4v) is 3.86. The fourth-order valence-electron chi connectivity index (χ4n) is 2.58. The van der Waals surface area contributed by atoms with Crippen LogP contribution in [0, 0.1) is 6.92 Å². The number of carbonyl (C=O) groups excluding carboxylic acids is 1. The molecule has 0 aliphatic carbocycles. The molecule has 0 fully saturated rings. The van der Waals surface area contributed by atoms with Crippen LogP contribution in [0.3, 0.4) is 0 Å². The molecule has 3 rings (SSSR count). The van der Waals surface area contributed by atoms with E-state index in [0.717, 1.165) is 39.3 Å². The largest absolute Gasteiger partial charge is 0.375 e. The van der Waals surface area contributed by atoms with Crippen molar-refractivity contribution in [2.24, 2.45) is 0 Å². The molecular formula is C14H14BrN3OS. The predicted molar refractivity (Wildman–Crippen MR) is 86.1 cm³/mol. The number of benzene rings is 1. The number of thiazole rings is 1. The Balaban J connectivity index is 2.16. The Morgan fingerprint density at radius 3 is 2.85 bits per heavy atom. The first-order valence-corrected chi connectivity index (χ1v) is 7.92. The lowest BCUT2D eigenvalue weighted by molar-refractivity contribution is -0.116. The molecular weight excluding hydrogens is 338 g/mol. The highest BCUT2D eigenvalue weighted by molar-refractivity contribution is 9.10. The summed E-state index contributed by atoms with van der Waals surface area (Å²) < 4.78 is 0.995. The molecule has 2 heterocycles. The van der Waals surface area contributed by atoms with Crippen molar-refractivity contribution in [2.45, 2.75) is 20.3 Å². The van der Waals surface area contributed by atoms with Gasteiger partial charge in [-0.15, -0.1) is 11.3 Å². The van der Waals surface area contributed by atoms with E-state index < -0.39 is 0 Å². The number of aryl methyl sites for hydroxylation is 1. The van der Waals surface area contributed by atoms with Gasteiger partial charge in [-0.25, -0.2) is 4.98 Å². The van der Waals surface area contributed by atoms with Crippen molar-refractivity contribution in [3.8, 4) is 11.3 Å². The number of halogens is 1. The van der Waals surface area contributed by atoms with Crippen LogP contribution in [-0.2, 0) is 11.2 Å². The summed E-state index contributed by atoms with van der Waals surface area (Å²) in [5.74, 6) is 0.0755. The SMILES string of the molecule is CC(=O)N1CCc2cc(Br)c(-c3nc(N)sc3C)cc21. The molecule has 1 amide bonds. The number of hydrogen-bond acceptors (Lipinski definition) is 4. The van der Waals surface area contributed by atoms with Gasteiger partial charge in [0.25, 0.3) is 0 Å². The Morgan fingerprint density at radius 2 is 2.25 bits per heavy atom. The molecule has 0 spiro atoms. The summed E-state index contributed by atoms with van der Waals surface area (Å²) in [6, 6.07) is 4.12. The van der Waals surface area contributed by atoms with Crippen LogP contribution in [0.1, 0.15) is 17.4 Å². The van der Waals surface area contributed by atoms with Gasteiger partial charge in [-0.05, 0) is 31.0 Å². The van der Waals surface area contributed by atoms with E-state index in [1.165, 1.54) is 16.9 Å². The van der Waals surface area contributed by atoms with Crippen molar-refractivity contribution in [2.75, 3.05) is 17.2 Å². The molecule has 6 heteroatoms. The Bertz CT molecular complexity index is 711. The molecule has 0 saturated carbocycles. The first-order valence-electron chi connectivity index (χ1n) is 6.31. The standard InChI is InChI=1S/C14H14BrN3OS/c1-7-13(17-14(16)20-7)10-6-12-9(5-11(10)15)3-4-18(12)8(2)19/h5-6H,3-4H2,1-2H3,(H2,16,17). The molecule has 2 aromatic rings. The van der Waals surface area contributed by atoms with Gasteiger partial charge in [-0.3, -0.25) is 4.79 Å². The molecule has 1 aromatic carbocycles. The third-order valence-electron chi connectivity index (χ3n) is 3.51. The van der Waals surface area contributed by atoms with Gasteiger partial charge in [-0.2, -0.15) is 0 Å². The number of rotatable bonds is 1. The maximum Gasteiger partial charge on any atom is 0.223 e. The summed E-state index contributed by atoms with van der Waals surface area (Å²) in [7, 11) is 0. The van der Waals surface area contributed by atoms with Crippen LogP contribution < -0.4 is 10.6 Å². The molecule has 1 aromatic heterocycles. The van der Waals surface area contributed by atoms with E-state index in [2.05, 4.69) is 27.0 Å². The number of nitrogens with zero attached hydrogens (tertiary/aromatic N) is 2. The molecule has 0 bridgehead atoms. The molecule has 1 aliphatic rings. The van der Waals surface area contributed by atoms with Gasteiger partial charge in [0.05, 0.1) is 5.69 Å². The maximum atomic E-state index is 11.7. The average Bonchev–Trinajstić information content (AvgIpc) is 2.91. The van der Waals surface area contributed by atoms with Gasteiger partial charge < -0.3 is 10.6 Å². The van der Waals surface area contributed by atoms with Crippen LogP contribution in [0.25, 0.3) is 11.3 Å². The van der Waals surface area contributed by atoms with Gasteiger partial charge in [0, 0.05) is 34.1 Å². The van der Waals surface area contributed by atoms with Gasteiger partial charge >= 0.3 is 0 Å². The summed E-state index contributed by atoms with van der Waals surface area (Å²) >= 11 is 5.09. The number of anilines is 2. The number of aromatic nitrogens is 1. The lowest BCUT2D eigenvalue weighted by Crippen LogP contribution is -2.25. The first-order chi connectivity index (χ1) is 9.47. The van der Waals surface area contributed by atoms with Crippen LogP contribution >= 0.6 is 27.3 Å². The average molecular weight is 352 g/mol. The van der Waals surface area contributed by atoms with E-state index in [9.17, 15) is 4.79 Å². The van der Waals surface area contributed by atoms with E-state index in [1.807, 2.05) is 17.9 Å². The predicted octanol–water partition coefficient (Wildman–Crippen LogP) is 3.37. The highest BCUT2D eigenvalue weighted by atomic mass is 79.9. The van der Waals surface area contributed by atoms with Crippen molar-refractivity contribution in [3.05, 3.63) is 27.0 Å². The second-order valence-corrected chi connectivity index (χ2v) is 6.93.